The van der Waals surface area contributed by atoms with Crippen LogP contribution in [0, 0.1) is 5.92 Å². The van der Waals surface area contributed by atoms with Crippen molar-refractivity contribution in [3.8, 4) is 0 Å². The molecule has 1 aromatic rings. The maximum absolute atomic E-state index is 13.1. The van der Waals surface area contributed by atoms with Crippen molar-refractivity contribution in [2.24, 2.45) is 5.92 Å². The molecule has 0 spiro atoms. The van der Waals surface area contributed by atoms with Crippen LogP contribution in [0.1, 0.15) is 31.4 Å². The van der Waals surface area contributed by atoms with Crippen molar-refractivity contribution in [1.29, 1.82) is 0 Å². The van der Waals surface area contributed by atoms with E-state index in [1.807, 2.05) is 0 Å². The quantitative estimate of drug-likeness (QED) is 0.592. The van der Waals surface area contributed by atoms with Gasteiger partial charge in [0.05, 0.1) is 5.56 Å². The molecule has 1 aliphatic heterocycles. The summed E-state index contributed by atoms with van der Waals surface area (Å²) >= 11 is 0. The lowest BCUT2D eigenvalue weighted by molar-refractivity contribution is -0.138. The van der Waals surface area contributed by atoms with Crippen molar-refractivity contribution in [1.82, 2.24) is 10.2 Å². The summed E-state index contributed by atoms with van der Waals surface area (Å²) in [5.74, 6) is -2.08. The molecule has 0 aromatic heterocycles. The summed E-state index contributed by atoms with van der Waals surface area (Å²) in [5.41, 5.74) is -0.137. The average Bonchev–Trinajstić information content (AvgIpc) is 3.14. The fraction of sp³-hybridized carbons (Fsp3) is 0.500. The van der Waals surface area contributed by atoms with Crippen LogP contribution in [0.3, 0.4) is 0 Å². The molecule has 0 saturated carbocycles. The summed E-state index contributed by atoms with van der Waals surface area (Å²) < 4.78 is 39.3. The van der Waals surface area contributed by atoms with E-state index in [1.165, 1.54) is 12.1 Å². The van der Waals surface area contributed by atoms with Gasteiger partial charge in [-0.15, -0.1) is 0 Å². The first-order chi connectivity index (χ1) is 13.5. The summed E-state index contributed by atoms with van der Waals surface area (Å²) in [6.07, 6.45) is -2.17. The van der Waals surface area contributed by atoms with Crippen molar-refractivity contribution in [2.45, 2.75) is 39.0 Å². The number of alkyl halides is 3. The first-order valence-electron chi connectivity index (χ1n) is 9.24. The van der Waals surface area contributed by atoms with Crippen molar-refractivity contribution in [2.75, 3.05) is 19.6 Å². The number of halogens is 3. The van der Waals surface area contributed by atoms with Gasteiger partial charge in [0.1, 0.15) is 0 Å². The molecule has 1 saturated heterocycles. The number of hydrogen-bond acceptors (Lipinski definition) is 4. The molecule has 0 amide bonds. The minimum Gasteiger partial charge on any atom is -0.478 e. The van der Waals surface area contributed by atoms with Crippen LogP contribution in [0.5, 0.6) is 0 Å². The molecule has 1 heterocycles. The Morgan fingerprint density at radius 1 is 1.21 bits per heavy atom. The molecule has 6 nitrogen and oxygen atoms in total. The smallest absolute Gasteiger partial charge is 0.416 e. The highest BCUT2D eigenvalue weighted by molar-refractivity contribution is 5.89. The molecule has 3 N–H and O–H groups in total. The Morgan fingerprint density at radius 3 is 2.24 bits per heavy atom. The Labute approximate surface area is 168 Å². The zero-order chi connectivity index (χ0) is 22.0. The molecule has 1 aliphatic rings. The normalized spacial score (nSPS) is 16.9. The molecule has 1 fully saturated rings. The third-order valence-corrected chi connectivity index (χ3v) is 4.22. The first kappa shape index (κ1) is 24.6. The van der Waals surface area contributed by atoms with Gasteiger partial charge >= 0.3 is 18.1 Å². The molecule has 162 valence electrons. The van der Waals surface area contributed by atoms with Gasteiger partial charge in [0.2, 0.25) is 0 Å². The number of aliphatic carboxylic acids is 2. The van der Waals surface area contributed by atoms with E-state index in [4.69, 9.17) is 10.2 Å². The van der Waals surface area contributed by atoms with E-state index in [0.29, 0.717) is 36.2 Å². The molecular formula is C20H27F3N2O4. The highest BCUT2D eigenvalue weighted by Gasteiger charge is 2.34. The van der Waals surface area contributed by atoms with E-state index in [1.54, 1.807) is 12.1 Å². The SMILES string of the molecule is CC(C)CN(Cc1ccccc1C(F)(F)F)[C@H]1CCNC1.O=C(O)/C=C/C(=O)O. The molecule has 1 atom stereocenters. The number of nitrogens with one attached hydrogen (secondary N) is 1. The molecule has 29 heavy (non-hydrogen) atoms. The number of hydrogen-bond donors (Lipinski definition) is 3. The predicted molar refractivity (Wildman–Crippen MR) is 102 cm³/mol. The zero-order valence-corrected chi connectivity index (χ0v) is 16.4. The van der Waals surface area contributed by atoms with E-state index in [2.05, 4.69) is 24.1 Å². The maximum atomic E-state index is 13.1. The highest BCUT2D eigenvalue weighted by atomic mass is 19.4. The molecule has 1 aromatic carbocycles. The predicted octanol–water partition coefficient (Wildman–Crippen LogP) is 3.24. The van der Waals surface area contributed by atoms with Gasteiger partial charge in [0.15, 0.2) is 0 Å². The second-order valence-electron chi connectivity index (χ2n) is 7.13. The number of nitrogens with zero attached hydrogens (tertiary/aromatic N) is 1. The van der Waals surface area contributed by atoms with E-state index >= 15 is 0 Å². The van der Waals surface area contributed by atoms with Gasteiger partial charge in [0, 0.05) is 37.8 Å². The third kappa shape index (κ3) is 9.58. The van der Waals surface area contributed by atoms with E-state index < -0.39 is 23.7 Å². The number of benzene rings is 1. The van der Waals surface area contributed by atoms with Crippen LogP contribution in [0.2, 0.25) is 0 Å². The lowest BCUT2D eigenvalue weighted by atomic mass is 10.0. The largest absolute Gasteiger partial charge is 0.478 e. The molecular weight excluding hydrogens is 389 g/mol. The van der Waals surface area contributed by atoms with Gasteiger partial charge in [-0.3, -0.25) is 4.90 Å². The Kier molecular flexibility index (Phi) is 9.84. The van der Waals surface area contributed by atoms with Crippen molar-refractivity contribution in [3.63, 3.8) is 0 Å². The lowest BCUT2D eigenvalue weighted by Gasteiger charge is -2.31. The Hall–Kier alpha value is -2.39. The lowest BCUT2D eigenvalue weighted by Crippen LogP contribution is -2.39. The number of carboxylic acids is 2. The zero-order valence-electron chi connectivity index (χ0n) is 16.4. The van der Waals surface area contributed by atoms with Crippen LogP contribution in [0.25, 0.3) is 0 Å². The fourth-order valence-electron chi connectivity index (χ4n) is 3.06. The molecule has 0 aliphatic carbocycles. The van der Waals surface area contributed by atoms with Crippen molar-refractivity contribution >= 4 is 11.9 Å². The number of rotatable bonds is 7. The fourth-order valence-corrected chi connectivity index (χ4v) is 3.06. The first-order valence-corrected chi connectivity index (χ1v) is 9.24. The van der Waals surface area contributed by atoms with Gasteiger partial charge in [0.25, 0.3) is 0 Å². The van der Waals surface area contributed by atoms with Gasteiger partial charge in [-0.2, -0.15) is 13.2 Å². The van der Waals surface area contributed by atoms with Crippen molar-refractivity contribution < 1.29 is 33.0 Å². The Balaban J connectivity index is 0.000000447. The Morgan fingerprint density at radius 2 is 1.79 bits per heavy atom. The van der Waals surface area contributed by atoms with Crippen LogP contribution < -0.4 is 5.32 Å². The average molecular weight is 416 g/mol. The summed E-state index contributed by atoms with van der Waals surface area (Å²) in [5, 5.41) is 18.9. The monoisotopic (exact) mass is 416 g/mol. The summed E-state index contributed by atoms with van der Waals surface area (Å²) in [6.45, 7) is 7.19. The Bertz CT molecular complexity index is 683. The second-order valence-corrected chi connectivity index (χ2v) is 7.13. The van der Waals surface area contributed by atoms with Crippen LogP contribution in [-0.4, -0.2) is 52.7 Å². The molecule has 2 rings (SSSR count). The highest BCUT2D eigenvalue weighted by Crippen LogP contribution is 2.32. The van der Waals surface area contributed by atoms with Gasteiger partial charge in [-0.25, -0.2) is 9.59 Å². The summed E-state index contributed by atoms with van der Waals surface area (Å²) in [6, 6.07) is 6.24. The third-order valence-electron chi connectivity index (χ3n) is 4.22. The van der Waals surface area contributed by atoms with Crippen LogP contribution in [0.15, 0.2) is 36.4 Å². The van der Waals surface area contributed by atoms with Crippen LogP contribution >= 0.6 is 0 Å². The minimum atomic E-state index is -4.28. The minimum absolute atomic E-state index is 0.327. The standard InChI is InChI=1S/C16H23F3N2.C4H4O4/c1-12(2)10-21(14-7-8-20-9-14)11-13-5-3-4-6-15(13)16(17,18)19;5-3(6)1-2-4(7)8/h3-6,12,14,20H,7-11H2,1-2H3;1-2H,(H,5,6)(H,7,8)/b;2-1+/t14-;/m0./s1. The van der Waals surface area contributed by atoms with Crippen molar-refractivity contribution in [3.05, 3.63) is 47.5 Å². The second kappa shape index (κ2) is 11.6. The van der Waals surface area contributed by atoms with Gasteiger partial charge < -0.3 is 15.5 Å². The molecule has 0 bridgehead atoms. The van der Waals surface area contributed by atoms with E-state index in [0.717, 1.165) is 26.1 Å². The summed E-state index contributed by atoms with van der Waals surface area (Å²) in [4.78, 5) is 21.3. The molecule has 0 radical (unpaired) electrons. The van der Waals surface area contributed by atoms with Gasteiger partial charge in [-0.1, -0.05) is 32.0 Å². The number of carbonyl (C=O) groups is 2. The van der Waals surface area contributed by atoms with E-state index in [-0.39, 0.29) is 0 Å². The van der Waals surface area contributed by atoms with Gasteiger partial charge in [-0.05, 0) is 30.5 Å². The van der Waals surface area contributed by atoms with Crippen LogP contribution in [0.4, 0.5) is 13.2 Å². The summed E-state index contributed by atoms with van der Waals surface area (Å²) in [7, 11) is 0. The molecule has 0 unspecified atom stereocenters. The van der Waals surface area contributed by atoms with E-state index in [9.17, 15) is 22.8 Å². The maximum Gasteiger partial charge on any atom is 0.416 e. The van der Waals surface area contributed by atoms with Crippen LogP contribution in [-0.2, 0) is 22.3 Å². The topological polar surface area (TPSA) is 89.9 Å². The number of carboxylic acid groups (broad SMARTS) is 2. The molecule has 9 heteroatoms.